The summed E-state index contributed by atoms with van der Waals surface area (Å²) in [5.74, 6) is -1.16. The van der Waals surface area contributed by atoms with Crippen molar-refractivity contribution in [3.63, 3.8) is 0 Å². The minimum atomic E-state index is -0.811. The summed E-state index contributed by atoms with van der Waals surface area (Å²) in [5, 5.41) is 0.382. The molecule has 4 heteroatoms. The normalized spacial score (nSPS) is 11.8. The Morgan fingerprint density at radius 3 is 2.40 bits per heavy atom. The monoisotopic (exact) mass is 232 g/mol. The van der Waals surface area contributed by atoms with Crippen LogP contribution in [0.4, 0.5) is 4.39 Å². The summed E-state index contributed by atoms with van der Waals surface area (Å²) in [6.07, 6.45) is 0.336. The fourth-order valence-corrected chi connectivity index (χ4v) is 1.40. The molecule has 0 fully saturated rings. The lowest BCUT2D eigenvalue weighted by Crippen LogP contribution is -2.32. The maximum atomic E-state index is 13.5. The van der Waals surface area contributed by atoms with Crippen LogP contribution in [-0.4, -0.2) is 20.0 Å². The second kappa shape index (κ2) is 4.92. The van der Waals surface area contributed by atoms with Gasteiger partial charge in [-0.1, -0.05) is 17.7 Å². The van der Waals surface area contributed by atoms with Gasteiger partial charge in [-0.2, -0.15) is 0 Å². The van der Waals surface area contributed by atoms with Crippen LogP contribution in [0.1, 0.15) is 12.5 Å². The van der Waals surface area contributed by atoms with Crippen molar-refractivity contribution >= 4 is 11.6 Å². The van der Waals surface area contributed by atoms with E-state index in [0.29, 0.717) is 17.0 Å². The molecule has 0 aliphatic carbocycles. The molecule has 0 heterocycles. The zero-order valence-electron chi connectivity index (χ0n) is 9.01. The average Bonchev–Trinajstić information content (AvgIpc) is 2.22. The van der Waals surface area contributed by atoms with Crippen LogP contribution in [0.3, 0.4) is 0 Å². The van der Waals surface area contributed by atoms with E-state index in [1.165, 1.54) is 20.3 Å². The molecule has 0 spiro atoms. The van der Waals surface area contributed by atoms with Crippen LogP contribution < -0.4 is 0 Å². The molecule has 2 nitrogen and oxygen atoms in total. The summed E-state index contributed by atoms with van der Waals surface area (Å²) in [6.45, 7) is 1.75. The Kier molecular flexibility index (Phi) is 4.08. The molecule has 0 saturated carbocycles. The number of methoxy groups -OCH3 is 2. The molecule has 0 amide bonds. The Balaban J connectivity index is 2.89. The lowest BCUT2D eigenvalue weighted by atomic mass is 10.1. The van der Waals surface area contributed by atoms with Crippen molar-refractivity contribution in [3.8, 4) is 0 Å². The molecule has 15 heavy (non-hydrogen) atoms. The van der Waals surface area contributed by atoms with Crippen LogP contribution in [0.2, 0.25) is 5.02 Å². The van der Waals surface area contributed by atoms with Gasteiger partial charge in [0.2, 0.25) is 0 Å². The summed E-state index contributed by atoms with van der Waals surface area (Å²) in [7, 11) is 3.05. The number of hydrogen-bond acceptors (Lipinski definition) is 2. The summed E-state index contributed by atoms with van der Waals surface area (Å²) < 4.78 is 23.8. The van der Waals surface area contributed by atoms with Gasteiger partial charge in [-0.15, -0.1) is 0 Å². The molecule has 1 aromatic rings. The molecular weight excluding hydrogens is 219 g/mol. The fourth-order valence-electron chi connectivity index (χ4n) is 1.24. The van der Waals surface area contributed by atoms with E-state index in [1.54, 1.807) is 19.1 Å². The summed E-state index contributed by atoms with van der Waals surface area (Å²) in [4.78, 5) is 0. The third-order valence-corrected chi connectivity index (χ3v) is 2.63. The number of benzene rings is 1. The van der Waals surface area contributed by atoms with Crippen molar-refractivity contribution in [2.75, 3.05) is 14.2 Å². The molecule has 0 atom stereocenters. The van der Waals surface area contributed by atoms with E-state index < -0.39 is 5.79 Å². The first-order valence-electron chi connectivity index (χ1n) is 4.55. The Hall–Kier alpha value is -0.640. The lowest BCUT2D eigenvalue weighted by Gasteiger charge is -2.26. The van der Waals surface area contributed by atoms with E-state index in [0.717, 1.165) is 0 Å². The number of rotatable bonds is 4. The largest absolute Gasteiger partial charge is 0.353 e. The van der Waals surface area contributed by atoms with Crippen LogP contribution in [0.15, 0.2) is 18.2 Å². The van der Waals surface area contributed by atoms with E-state index in [-0.39, 0.29) is 5.82 Å². The van der Waals surface area contributed by atoms with Gasteiger partial charge >= 0.3 is 0 Å². The zero-order valence-corrected chi connectivity index (χ0v) is 9.77. The smallest absolute Gasteiger partial charge is 0.168 e. The molecular formula is C11H14ClFO2. The minimum Gasteiger partial charge on any atom is -0.353 e. The standard InChI is InChI=1S/C11H14ClFO2/c1-11(14-2,15-3)7-8-4-5-9(12)6-10(8)13/h4-6H,7H2,1-3H3. The van der Waals surface area contributed by atoms with E-state index in [4.69, 9.17) is 21.1 Å². The van der Waals surface area contributed by atoms with Gasteiger partial charge in [0.1, 0.15) is 5.82 Å². The zero-order chi connectivity index (χ0) is 11.5. The van der Waals surface area contributed by atoms with E-state index >= 15 is 0 Å². The molecule has 84 valence electrons. The van der Waals surface area contributed by atoms with E-state index in [1.807, 2.05) is 0 Å². The molecule has 0 aliphatic rings. The van der Waals surface area contributed by atoms with Crippen LogP contribution >= 0.6 is 11.6 Å². The van der Waals surface area contributed by atoms with Crippen LogP contribution in [0.5, 0.6) is 0 Å². The van der Waals surface area contributed by atoms with Gasteiger partial charge in [0.05, 0.1) is 0 Å². The average molecular weight is 233 g/mol. The summed E-state index contributed by atoms with van der Waals surface area (Å²) in [6, 6.07) is 4.56. The Labute approximate surface area is 94.0 Å². The first kappa shape index (κ1) is 12.4. The van der Waals surface area contributed by atoms with Crippen LogP contribution in [0.25, 0.3) is 0 Å². The number of halogens is 2. The maximum absolute atomic E-state index is 13.5. The molecule has 1 rings (SSSR count). The van der Waals surface area contributed by atoms with Gasteiger partial charge in [-0.05, 0) is 24.6 Å². The lowest BCUT2D eigenvalue weighted by molar-refractivity contribution is -0.192. The first-order valence-corrected chi connectivity index (χ1v) is 4.93. The number of hydrogen-bond donors (Lipinski definition) is 0. The second-order valence-corrected chi connectivity index (χ2v) is 3.89. The predicted molar refractivity (Wildman–Crippen MR) is 57.5 cm³/mol. The molecule has 0 bridgehead atoms. The second-order valence-electron chi connectivity index (χ2n) is 3.45. The first-order chi connectivity index (χ1) is 7.00. The molecule has 0 saturated heterocycles. The molecule has 1 aromatic carbocycles. The Morgan fingerprint density at radius 2 is 1.93 bits per heavy atom. The van der Waals surface area contributed by atoms with Crippen LogP contribution in [-0.2, 0) is 15.9 Å². The van der Waals surface area contributed by atoms with Crippen molar-refractivity contribution in [2.45, 2.75) is 19.1 Å². The molecule has 0 N–H and O–H groups in total. The van der Waals surface area contributed by atoms with Gasteiger partial charge in [-0.25, -0.2) is 4.39 Å². The highest BCUT2D eigenvalue weighted by atomic mass is 35.5. The van der Waals surface area contributed by atoms with Crippen molar-refractivity contribution < 1.29 is 13.9 Å². The molecule has 0 radical (unpaired) electrons. The van der Waals surface area contributed by atoms with Gasteiger partial charge < -0.3 is 9.47 Å². The third-order valence-electron chi connectivity index (χ3n) is 2.39. The maximum Gasteiger partial charge on any atom is 0.168 e. The molecule has 0 aliphatic heterocycles. The van der Waals surface area contributed by atoms with Crippen LogP contribution in [0, 0.1) is 5.82 Å². The Morgan fingerprint density at radius 1 is 1.33 bits per heavy atom. The molecule has 0 unspecified atom stereocenters. The van der Waals surface area contributed by atoms with Crippen molar-refractivity contribution in [1.29, 1.82) is 0 Å². The Bertz CT molecular complexity index is 337. The van der Waals surface area contributed by atoms with Gasteiger partial charge in [0.15, 0.2) is 5.79 Å². The summed E-state index contributed by atoms with van der Waals surface area (Å²) >= 11 is 5.65. The summed E-state index contributed by atoms with van der Waals surface area (Å²) in [5.41, 5.74) is 0.519. The topological polar surface area (TPSA) is 18.5 Å². The number of ether oxygens (including phenoxy) is 2. The molecule has 0 aromatic heterocycles. The van der Waals surface area contributed by atoms with Crippen molar-refractivity contribution in [1.82, 2.24) is 0 Å². The van der Waals surface area contributed by atoms with Gasteiger partial charge in [0.25, 0.3) is 0 Å². The highest BCUT2D eigenvalue weighted by Crippen LogP contribution is 2.22. The quantitative estimate of drug-likeness (QED) is 0.743. The van der Waals surface area contributed by atoms with Crippen molar-refractivity contribution in [3.05, 3.63) is 34.6 Å². The minimum absolute atomic E-state index is 0.336. The van der Waals surface area contributed by atoms with Crippen molar-refractivity contribution in [2.24, 2.45) is 0 Å². The van der Waals surface area contributed by atoms with Gasteiger partial charge in [-0.3, -0.25) is 0 Å². The highest BCUT2D eigenvalue weighted by Gasteiger charge is 2.24. The SMILES string of the molecule is COC(C)(Cc1ccc(Cl)cc1F)OC. The van der Waals surface area contributed by atoms with E-state index in [2.05, 4.69) is 0 Å². The third kappa shape index (κ3) is 3.16. The fraction of sp³-hybridized carbons (Fsp3) is 0.455. The van der Waals surface area contributed by atoms with Gasteiger partial charge in [0, 0.05) is 25.7 Å². The predicted octanol–water partition coefficient (Wildman–Crippen LogP) is 3.03. The van der Waals surface area contributed by atoms with E-state index in [9.17, 15) is 4.39 Å². The highest BCUT2D eigenvalue weighted by molar-refractivity contribution is 6.30.